The zero-order valence-electron chi connectivity index (χ0n) is 9.75. The van der Waals surface area contributed by atoms with Crippen LogP contribution in [0.2, 0.25) is 0 Å². The maximum atomic E-state index is 13.7. The van der Waals surface area contributed by atoms with E-state index in [0.29, 0.717) is 5.82 Å². The normalized spacial score (nSPS) is 10.6. The van der Waals surface area contributed by atoms with Gasteiger partial charge in [-0.05, 0) is 12.1 Å². The van der Waals surface area contributed by atoms with E-state index in [1.807, 2.05) is 30.3 Å². The number of rotatable bonds is 2. The molecule has 0 spiro atoms. The van der Waals surface area contributed by atoms with Crippen molar-refractivity contribution in [3.8, 4) is 28.6 Å². The highest BCUT2D eigenvalue weighted by Gasteiger charge is 2.17. The van der Waals surface area contributed by atoms with Gasteiger partial charge in [0.25, 0.3) is 5.89 Å². The second-order valence-electron chi connectivity index (χ2n) is 3.92. The Morgan fingerprint density at radius 1 is 1.00 bits per heavy atom. The van der Waals surface area contributed by atoms with Gasteiger partial charge < -0.3 is 9.63 Å². The highest BCUT2D eigenvalue weighted by atomic mass is 19.1. The molecule has 0 atom stereocenters. The molecule has 0 aliphatic heterocycles. The highest BCUT2D eigenvalue weighted by Crippen LogP contribution is 2.31. The minimum atomic E-state index is -0.608. The molecule has 0 radical (unpaired) electrons. The van der Waals surface area contributed by atoms with E-state index in [1.165, 1.54) is 18.2 Å². The molecule has 0 saturated heterocycles. The summed E-state index contributed by atoms with van der Waals surface area (Å²) in [5, 5.41) is 13.4. The summed E-state index contributed by atoms with van der Waals surface area (Å²) in [5.41, 5.74) is 0.672. The molecule has 1 aromatic heterocycles. The third-order valence-corrected chi connectivity index (χ3v) is 2.66. The van der Waals surface area contributed by atoms with E-state index in [2.05, 4.69) is 10.1 Å². The van der Waals surface area contributed by atoms with Crippen molar-refractivity contribution in [2.75, 3.05) is 0 Å². The monoisotopic (exact) mass is 256 g/mol. The fourth-order valence-electron chi connectivity index (χ4n) is 1.75. The molecular weight excluding hydrogens is 247 g/mol. The lowest BCUT2D eigenvalue weighted by Crippen LogP contribution is -1.85. The van der Waals surface area contributed by atoms with Gasteiger partial charge in [0.05, 0.1) is 0 Å². The quantitative estimate of drug-likeness (QED) is 0.764. The summed E-state index contributed by atoms with van der Waals surface area (Å²) < 4.78 is 18.7. The predicted octanol–water partition coefficient (Wildman–Crippen LogP) is 3.25. The van der Waals surface area contributed by atoms with Crippen LogP contribution >= 0.6 is 0 Å². The van der Waals surface area contributed by atoms with E-state index in [-0.39, 0.29) is 17.2 Å². The molecule has 2 aromatic carbocycles. The molecular formula is C14H9FN2O2. The fourth-order valence-corrected chi connectivity index (χ4v) is 1.75. The number of nitrogens with zero attached hydrogens (tertiary/aromatic N) is 2. The molecule has 0 amide bonds. The van der Waals surface area contributed by atoms with Gasteiger partial charge in [-0.25, -0.2) is 4.39 Å². The second-order valence-corrected chi connectivity index (χ2v) is 3.92. The minimum absolute atomic E-state index is 0.0468. The number of phenolic OH excluding ortho intramolecular Hbond substituents is 1. The van der Waals surface area contributed by atoms with Crippen LogP contribution in [0.15, 0.2) is 53.1 Å². The molecule has 5 heteroatoms. The Bertz CT molecular complexity index is 690. The van der Waals surface area contributed by atoms with Crippen molar-refractivity contribution in [1.82, 2.24) is 10.1 Å². The predicted molar refractivity (Wildman–Crippen MR) is 66.8 cm³/mol. The van der Waals surface area contributed by atoms with Gasteiger partial charge in [-0.3, -0.25) is 0 Å². The Labute approximate surface area is 108 Å². The third-order valence-electron chi connectivity index (χ3n) is 2.66. The topological polar surface area (TPSA) is 59.2 Å². The first-order chi connectivity index (χ1) is 9.25. The van der Waals surface area contributed by atoms with Crippen LogP contribution in [-0.2, 0) is 0 Å². The van der Waals surface area contributed by atoms with Crippen LogP contribution < -0.4 is 0 Å². The first kappa shape index (κ1) is 11.4. The number of aromatic nitrogens is 2. The molecule has 0 aliphatic carbocycles. The van der Waals surface area contributed by atoms with Crippen LogP contribution in [-0.4, -0.2) is 15.2 Å². The van der Waals surface area contributed by atoms with Gasteiger partial charge in [-0.15, -0.1) is 0 Å². The summed E-state index contributed by atoms with van der Waals surface area (Å²) in [7, 11) is 0. The highest BCUT2D eigenvalue weighted by molar-refractivity contribution is 5.65. The van der Waals surface area contributed by atoms with Gasteiger partial charge in [0, 0.05) is 5.56 Å². The Hall–Kier alpha value is -2.69. The zero-order chi connectivity index (χ0) is 13.2. The number of hydrogen-bond acceptors (Lipinski definition) is 4. The average Bonchev–Trinajstić information content (AvgIpc) is 2.89. The van der Waals surface area contributed by atoms with Crippen molar-refractivity contribution in [3.05, 3.63) is 54.3 Å². The minimum Gasteiger partial charge on any atom is -0.507 e. The Morgan fingerprint density at radius 2 is 1.79 bits per heavy atom. The van der Waals surface area contributed by atoms with E-state index >= 15 is 0 Å². The van der Waals surface area contributed by atoms with Gasteiger partial charge in [-0.1, -0.05) is 41.6 Å². The molecule has 94 valence electrons. The van der Waals surface area contributed by atoms with Crippen LogP contribution in [0.4, 0.5) is 4.39 Å². The standard InChI is InChI=1S/C14H9FN2O2/c15-10-7-4-8-11(18)12(10)14-16-13(17-19-14)9-5-2-1-3-6-9/h1-8,18H. The van der Waals surface area contributed by atoms with Crippen molar-refractivity contribution in [1.29, 1.82) is 0 Å². The van der Waals surface area contributed by atoms with Crippen molar-refractivity contribution >= 4 is 0 Å². The molecule has 0 bridgehead atoms. The summed E-state index contributed by atoms with van der Waals surface area (Å²) in [5.74, 6) is -0.542. The van der Waals surface area contributed by atoms with Crippen LogP contribution in [0.5, 0.6) is 5.75 Å². The Kier molecular flexibility index (Phi) is 2.72. The first-order valence-corrected chi connectivity index (χ1v) is 5.62. The first-order valence-electron chi connectivity index (χ1n) is 5.62. The van der Waals surface area contributed by atoms with Crippen molar-refractivity contribution in [3.63, 3.8) is 0 Å². The molecule has 0 saturated carbocycles. The smallest absolute Gasteiger partial charge is 0.265 e. The molecule has 4 nitrogen and oxygen atoms in total. The lowest BCUT2D eigenvalue weighted by molar-refractivity contribution is 0.421. The molecule has 19 heavy (non-hydrogen) atoms. The van der Waals surface area contributed by atoms with Crippen LogP contribution in [0.25, 0.3) is 22.8 Å². The van der Waals surface area contributed by atoms with Gasteiger partial charge in [-0.2, -0.15) is 4.98 Å². The van der Waals surface area contributed by atoms with Crippen molar-refractivity contribution < 1.29 is 14.0 Å². The lowest BCUT2D eigenvalue weighted by atomic mass is 10.2. The Morgan fingerprint density at radius 3 is 2.53 bits per heavy atom. The number of halogens is 1. The van der Waals surface area contributed by atoms with E-state index in [0.717, 1.165) is 5.56 Å². The molecule has 3 rings (SSSR count). The molecule has 0 fully saturated rings. The molecule has 0 aliphatic rings. The number of aromatic hydroxyl groups is 1. The molecule has 3 aromatic rings. The summed E-state index contributed by atoms with van der Waals surface area (Å²) in [6, 6.07) is 13.2. The SMILES string of the molecule is Oc1cccc(F)c1-c1nc(-c2ccccc2)no1. The molecule has 1 N–H and O–H groups in total. The van der Waals surface area contributed by atoms with Crippen molar-refractivity contribution in [2.24, 2.45) is 0 Å². The summed E-state index contributed by atoms with van der Waals surface area (Å²) in [6.07, 6.45) is 0. The maximum absolute atomic E-state index is 13.7. The van der Waals surface area contributed by atoms with Gasteiger partial charge in [0.2, 0.25) is 5.82 Å². The average molecular weight is 256 g/mol. The van der Waals surface area contributed by atoms with E-state index in [4.69, 9.17) is 4.52 Å². The van der Waals surface area contributed by atoms with Gasteiger partial charge in [0.15, 0.2) is 0 Å². The Balaban J connectivity index is 2.07. The number of hydrogen-bond donors (Lipinski definition) is 1. The summed E-state index contributed by atoms with van der Waals surface area (Å²) in [4.78, 5) is 4.09. The zero-order valence-corrected chi connectivity index (χ0v) is 9.75. The number of phenols is 1. The van der Waals surface area contributed by atoms with Crippen molar-refractivity contribution in [2.45, 2.75) is 0 Å². The van der Waals surface area contributed by atoms with Gasteiger partial charge in [0.1, 0.15) is 17.1 Å². The summed E-state index contributed by atoms with van der Waals surface area (Å²) >= 11 is 0. The van der Waals surface area contributed by atoms with Crippen LogP contribution in [0, 0.1) is 5.82 Å². The maximum Gasteiger partial charge on any atom is 0.265 e. The third kappa shape index (κ3) is 2.06. The summed E-state index contributed by atoms with van der Waals surface area (Å²) in [6.45, 7) is 0. The molecule has 0 unspecified atom stereocenters. The van der Waals surface area contributed by atoms with E-state index < -0.39 is 5.82 Å². The lowest BCUT2D eigenvalue weighted by Gasteiger charge is -1.99. The second kappa shape index (κ2) is 4.53. The molecule has 1 heterocycles. The van der Waals surface area contributed by atoms with Crippen LogP contribution in [0.3, 0.4) is 0 Å². The largest absolute Gasteiger partial charge is 0.507 e. The fraction of sp³-hybridized carbons (Fsp3) is 0. The van der Waals surface area contributed by atoms with Crippen LogP contribution in [0.1, 0.15) is 0 Å². The van der Waals surface area contributed by atoms with Gasteiger partial charge >= 0.3 is 0 Å². The number of benzene rings is 2. The van der Waals surface area contributed by atoms with E-state index in [1.54, 1.807) is 0 Å². The van der Waals surface area contributed by atoms with E-state index in [9.17, 15) is 9.50 Å².